The monoisotopic (exact) mass is 342 g/mol. The number of carbonyl (C=O) groups excluding carboxylic acids is 1. The summed E-state index contributed by atoms with van der Waals surface area (Å²) in [6.07, 6.45) is 1.93. The van der Waals surface area contributed by atoms with Gasteiger partial charge in [-0.1, -0.05) is 0 Å². The molecule has 2 rings (SSSR count). The predicted molar refractivity (Wildman–Crippen MR) is 76.7 cm³/mol. The first-order chi connectivity index (χ1) is 9.49. The average Bonchev–Trinajstić information content (AvgIpc) is 2.92. The summed E-state index contributed by atoms with van der Waals surface area (Å²) in [7, 11) is 0. The van der Waals surface area contributed by atoms with E-state index in [0.29, 0.717) is 11.1 Å². The normalized spacial score (nSPS) is 19.6. The summed E-state index contributed by atoms with van der Waals surface area (Å²) in [4.78, 5) is 22.4. The number of carbonyl (C=O) groups is 1. The zero-order valence-corrected chi connectivity index (χ0v) is 12.6. The first kappa shape index (κ1) is 14.9. The number of benzene rings is 1. The Labute approximate surface area is 124 Å². The van der Waals surface area contributed by atoms with Crippen LogP contribution in [0, 0.1) is 10.1 Å². The van der Waals surface area contributed by atoms with E-state index in [1.165, 1.54) is 12.1 Å². The molecule has 1 heterocycles. The Bertz CT molecular complexity index is 529. The third-order valence-corrected chi connectivity index (χ3v) is 3.96. The molecule has 0 bridgehead atoms. The lowest BCUT2D eigenvalue weighted by molar-refractivity contribution is -0.385. The highest BCUT2D eigenvalue weighted by atomic mass is 79.9. The Kier molecular flexibility index (Phi) is 4.72. The minimum absolute atomic E-state index is 0.0179. The second-order valence-electron chi connectivity index (χ2n) is 4.74. The van der Waals surface area contributed by atoms with Crippen LogP contribution in [-0.4, -0.2) is 29.6 Å². The molecule has 1 aliphatic rings. The topological polar surface area (TPSA) is 81.5 Å². The third-order valence-electron chi connectivity index (χ3n) is 3.29. The molecule has 7 heteroatoms. The maximum absolute atomic E-state index is 12.1. The van der Waals surface area contributed by atoms with Crippen LogP contribution in [0.25, 0.3) is 0 Å². The lowest BCUT2D eigenvalue weighted by atomic mass is 10.1. The van der Waals surface area contributed by atoms with Crippen molar-refractivity contribution in [2.75, 3.05) is 6.61 Å². The summed E-state index contributed by atoms with van der Waals surface area (Å²) < 4.78 is 5.86. The maximum Gasteiger partial charge on any atom is 0.284 e. The zero-order valence-electron chi connectivity index (χ0n) is 11.0. The second-order valence-corrected chi connectivity index (χ2v) is 5.59. The van der Waals surface area contributed by atoms with E-state index < -0.39 is 4.92 Å². The van der Waals surface area contributed by atoms with E-state index >= 15 is 0 Å². The van der Waals surface area contributed by atoms with Gasteiger partial charge in [0.1, 0.15) is 0 Å². The first-order valence-electron chi connectivity index (χ1n) is 6.35. The molecule has 0 aromatic heterocycles. The number of hydrogen-bond donors (Lipinski definition) is 1. The van der Waals surface area contributed by atoms with Gasteiger partial charge in [-0.3, -0.25) is 14.9 Å². The fraction of sp³-hybridized carbons (Fsp3) is 0.462. The van der Waals surface area contributed by atoms with Gasteiger partial charge in [0.15, 0.2) is 0 Å². The molecule has 1 N–H and O–H groups in total. The molecule has 20 heavy (non-hydrogen) atoms. The molecule has 0 spiro atoms. The smallest absolute Gasteiger partial charge is 0.284 e. The highest BCUT2D eigenvalue weighted by molar-refractivity contribution is 9.10. The number of nitro groups is 1. The number of nitrogens with zero attached hydrogens (tertiary/aromatic N) is 1. The van der Waals surface area contributed by atoms with Gasteiger partial charge in [-0.25, -0.2) is 0 Å². The molecule has 6 nitrogen and oxygen atoms in total. The van der Waals surface area contributed by atoms with E-state index in [1.807, 2.05) is 6.92 Å². The maximum atomic E-state index is 12.1. The van der Waals surface area contributed by atoms with Crippen LogP contribution in [0.3, 0.4) is 0 Å². The van der Waals surface area contributed by atoms with Crippen molar-refractivity contribution in [3.8, 4) is 0 Å². The number of ether oxygens (including phenoxy) is 1. The molecule has 1 aromatic rings. The van der Waals surface area contributed by atoms with E-state index in [2.05, 4.69) is 21.2 Å². The molecule has 1 amide bonds. The van der Waals surface area contributed by atoms with E-state index in [9.17, 15) is 14.9 Å². The van der Waals surface area contributed by atoms with Crippen molar-refractivity contribution < 1.29 is 14.5 Å². The van der Waals surface area contributed by atoms with Crippen molar-refractivity contribution in [2.45, 2.75) is 31.9 Å². The summed E-state index contributed by atoms with van der Waals surface area (Å²) in [6.45, 7) is 2.59. The molecule has 1 saturated heterocycles. The molecule has 1 fully saturated rings. The van der Waals surface area contributed by atoms with Gasteiger partial charge >= 0.3 is 0 Å². The van der Waals surface area contributed by atoms with Crippen LogP contribution in [-0.2, 0) is 4.74 Å². The second kappa shape index (κ2) is 6.32. The van der Waals surface area contributed by atoms with Gasteiger partial charge < -0.3 is 10.1 Å². The van der Waals surface area contributed by atoms with E-state index in [-0.39, 0.29) is 29.3 Å². The third kappa shape index (κ3) is 3.34. The van der Waals surface area contributed by atoms with E-state index in [4.69, 9.17) is 4.74 Å². The fourth-order valence-corrected chi connectivity index (χ4v) is 2.57. The van der Waals surface area contributed by atoms with E-state index in [0.717, 1.165) is 12.8 Å². The molecule has 2 unspecified atom stereocenters. The van der Waals surface area contributed by atoms with Gasteiger partial charge in [-0.05, 0) is 47.8 Å². The van der Waals surface area contributed by atoms with Crippen LogP contribution in [0.5, 0.6) is 0 Å². The van der Waals surface area contributed by atoms with Crippen LogP contribution in [0.2, 0.25) is 0 Å². The Morgan fingerprint density at radius 3 is 2.95 bits per heavy atom. The molecule has 2 atom stereocenters. The Hall–Kier alpha value is -1.47. The summed E-state index contributed by atoms with van der Waals surface area (Å²) in [5.41, 5.74) is 0.146. The Morgan fingerprint density at radius 1 is 1.60 bits per heavy atom. The number of hydrogen-bond acceptors (Lipinski definition) is 4. The molecule has 108 valence electrons. The van der Waals surface area contributed by atoms with E-state index in [1.54, 1.807) is 6.07 Å². The van der Waals surface area contributed by atoms with Crippen molar-refractivity contribution >= 4 is 27.5 Å². The first-order valence-corrected chi connectivity index (χ1v) is 7.14. The standard InChI is InChI=1S/C13H15BrN2O4/c1-8(12-3-2-6-20-12)15-13(17)9-4-5-10(14)11(7-9)16(18)19/h4-5,7-8,12H,2-3,6H2,1H3,(H,15,17). The lowest BCUT2D eigenvalue weighted by Gasteiger charge is -2.19. The summed E-state index contributed by atoms with van der Waals surface area (Å²) in [6, 6.07) is 4.20. The highest BCUT2D eigenvalue weighted by Crippen LogP contribution is 2.25. The largest absolute Gasteiger partial charge is 0.376 e. The predicted octanol–water partition coefficient (Wildman–Crippen LogP) is 2.65. The van der Waals surface area contributed by atoms with Gasteiger partial charge in [0.2, 0.25) is 0 Å². The van der Waals surface area contributed by atoms with Gasteiger partial charge in [0.25, 0.3) is 11.6 Å². The summed E-state index contributed by atoms with van der Waals surface area (Å²) >= 11 is 3.09. The molecule has 0 radical (unpaired) electrons. The minimum atomic E-state index is -0.523. The van der Waals surface area contributed by atoms with Gasteiger partial charge in [0.05, 0.1) is 21.5 Å². The molecule has 1 aliphatic heterocycles. The quantitative estimate of drug-likeness (QED) is 0.673. The van der Waals surface area contributed by atoms with Crippen molar-refractivity contribution in [3.05, 3.63) is 38.3 Å². The molecule has 1 aromatic carbocycles. The number of halogens is 1. The van der Waals surface area contributed by atoms with Crippen molar-refractivity contribution in [1.82, 2.24) is 5.32 Å². The van der Waals surface area contributed by atoms with Crippen LogP contribution >= 0.6 is 15.9 Å². The van der Waals surface area contributed by atoms with Crippen LogP contribution in [0.15, 0.2) is 22.7 Å². The van der Waals surface area contributed by atoms with Gasteiger partial charge in [0, 0.05) is 18.2 Å². The summed E-state index contributed by atoms with van der Waals surface area (Å²) in [5.74, 6) is -0.330. The SMILES string of the molecule is CC(NC(=O)c1ccc(Br)c([N+](=O)[O-])c1)C1CCCO1. The average molecular weight is 343 g/mol. The summed E-state index contributed by atoms with van der Waals surface area (Å²) in [5, 5.41) is 13.7. The van der Waals surface area contributed by atoms with Crippen LogP contribution < -0.4 is 5.32 Å². The van der Waals surface area contributed by atoms with Gasteiger partial charge in [-0.2, -0.15) is 0 Å². The van der Waals surface area contributed by atoms with Crippen molar-refractivity contribution in [1.29, 1.82) is 0 Å². The Balaban J connectivity index is 2.08. The number of nitrogens with one attached hydrogen (secondary N) is 1. The molecular formula is C13H15BrN2O4. The lowest BCUT2D eigenvalue weighted by Crippen LogP contribution is -2.40. The van der Waals surface area contributed by atoms with Gasteiger partial charge in [-0.15, -0.1) is 0 Å². The Morgan fingerprint density at radius 2 is 2.35 bits per heavy atom. The van der Waals surface area contributed by atoms with Crippen LogP contribution in [0.1, 0.15) is 30.1 Å². The zero-order chi connectivity index (χ0) is 14.7. The van der Waals surface area contributed by atoms with Crippen LogP contribution in [0.4, 0.5) is 5.69 Å². The fourth-order valence-electron chi connectivity index (χ4n) is 2.17. The minimum Gasteiger partial charge on any atom is -0.376 e. The van der Waals surface area contributed by atoms with Crippen molar-refractivity contribution in [2.24, 2.45) is 0 Å². The highest BCUT2D eigenvalue weighted by Gasteiger charge is 2.24. The molecule has 0 saturated carbocycles. The van der Waals surface area contributed by atoms with Crippen molar-refractivity contribution in [3.63, 3.8) is 0 Å². The molecule has 0 aliphatic carbocycles. The molecular weight excluding hydrogens is 328 g/mol. The number of rotatable bonds is 4. The number of nitro benzene ring substituents is 1. The number of amides is 1.